The summed E-state index contributed by atoms with van der Waals surface area (Å²) in [6.45, 7) is 6.27. The summed E-state index contributed by atoms with van der Waals surface area (Å²) < 4.78 is 5.42. The van der Waals surface area contributed by atoms with Crippen molar-refractivity contribution >= 4 is 11.6 Å². The van der Waals surface area contributed by atoms with Gasteiger partial charge in [-0.05, 0) is 31.0 Å². The molecule has 0 bridgehead atoms. The van der Waals surface area contributed by atoms with Crippen LogP contribution in [0, 0.1) is 12.3 Å². The van der Waals surface area contributed by atoms with Crippen LogP contribution in [0.25, 0.3) is 0 Å². The molecular formula is C16H24N2O2. The molecule has 4 nitrogen and oxygen atoms in total. The Kier molecular flexibility index (Phi) is 4.04. The van der Waals surface area contributed by atoms with E-state index < -0.39 is 0 Å². The van der Waals surface area contributed by atoms with E-state index in [0.717, 1.165) is 17.7 Å². The van der Waals surface area contributed by atoms with E-state index >= 15 is 0 Å². The zero-order chi connectivity index (χ0) is 14.9. The molecule has 2 atom stereocenters. The molecule has 0 heterocycles. The molecule has 2 unspecified atom stereocenters. The van der Waals surface area contributed by atoms with E-state index in [1.165, 1.54) is 0 Å². The normalized spacial score (nSPS) is 23.9. The maximum Gasteiger partial charge on any atom is 0.253 e. The van der Waals surface area contributed by atoms with Crippen LogP contribution in [0.5, 0.6) is 0 Å². The molecule has 1 amide bonds. The Hall–Kier alpha value is -1.55. The highest BCUT2D eigenvalue weighted by atomic mass is 16.5. The lowest BCUT2D eigenvalue weighted by molar-refractivity contribution is -0.0942. The summed E-state index contributed by atoms with van der Waals surface area (Å²) in [4.78, 5) is 12.4. The molecule has 1 saturated carbocycles. The minimum atomic E-state index is -0.0259. The summed E-state index contributed by atoms with van der Waals surface area (Å²) in [5, 5.41) is 6.20. The number of benzene rings is 1. The second-order valence-electron chi connectivity index (χ2n) is 6.11. The van der Waals surface area contributed by atoms with E-state index in [9.17, 15) is 4.79 Å². The van der Waals surface area contributed by atoms with Gasteiger partial charge in [-0.15, -0.1) is 0 Å². The van der Waals surface area contributed by atoms with Gasteiger partial charge in [0.1, 0.15) is 0 Å². The quantitative estimate of drug-likeness (QED) is 0.888. The van der Waals surface area contributed by atoms with Crippen LogP contribution in [0.3, 0.4) is 0 Å². The van der Waals surface area contributed by atoms with Gasteiger partial charge < -0.3 is 15.4 Å². The largest absolute Gasteiger partial charge is 0.387 e. The van der Waals surface area contributed by atoms with Crippen molar-refractivity contribution in [2.24, 2.45) is 5.41 Å². The molecule has 0 radical (unpaired) electrons. The lowest BCUT2D eigenvalue weighted by Gasteiger charge is -2.51. The number of carbonyl (C=O) groups is 1. The van der Waals surface area contributed by atoms with Gasteiger partial charge in [-0.2, -0.15) is 0 Å². The van der Waals surface area contributed by atoms with Crippen molar-refractivity contribution in [1.29, 1.82) is 0 Å². The third kappa shape index (κ3) is 2.52. The summed E-state index contributed by atoms with van der Waals surface area (Å²) in [7, 11) is 3.56. The smallest absolute Gasteiger partial charge is 0.253 e. The summed E-state index contributed by atoms with van der Waals surface area (Å²) in [5.41, 5.74) is 2.67. The first-order valence-electron chi connectivity index (χ1n) is 7.02. The van der Waals surface area contributed by atoms with Crippen LogP contribution in [0.1, 0.15) is 36.2 Å². The molecular weight excluding hydrogens is 252 g/mol. The Balaban J connectivity index is 2.10. The van der Waals surface area contributed by atoms with Crippen LogP contribution in [-0.4, -0.2) is 32.2 Å². The Labute approximate surface area is 120 Å². The Morgan fingerprint density at radius 2 is 2.10 bits per heavy atom. The number of rotatable bonds is 4. The number of carbonyl (C=O) groups excluding carboxylic acids is 1. The molecule has 1 aliphatic rings. The highest BCUT2D eigenvalue weighted by Crippen LogP contribution is 2.42. The van der Waals surface area contributed by atoms with Gasteiger partial charge >= 0.3 is 0 Å². The Morgan fingerprint density at radius 3 is 2.65 bits per heavy atom. The van der Waals surface area contributed by atoms with Gasteiger partial charge in [-0.25, -0.2) is 0 Å². The zero-order valence-electron chi connectivity index (χ0n) is 12.9. The molecule has 110 valence electrons. The van der Waals surface area contributed by atoms with E-state index in [1.54, 1.807) is 7.11 Å². The molecule has 0 saturated heterocycles. The van der Waals surface area contributed by atoms with Crippen molar-refractivity contribution in [3.8, 4) is 0 Å². The van der Waals surface area contributed by atoms with Crippen molar-refractivity contribution in [2.75, 3.05) is 19.5 Å². The predicted molar refractivity (Wildman–Crippen MR) is 81.2 cm³/mol. The molecule has 0 aliphatic heterocycles. The minimum Gasteiger partial charge on any atom is -0.387 e. The summed E-state index contributed by atoms with van der Waals surface area (Å²) >= 11 is 0. The molecule has 0 spiro atoms. The highest BCUT2D eigenvalue weighted by Gasteiger charge is 2.49. The van der Waals surface area contributed by atoms with Gasteiger partial charge in [0.2, 0.25) is 0 Å². The first-order valence-corrected chi connectivity index (χ1v) is 7.02. The lowest BCUT2D eigenvalue weighted by Crippen LogP contribution is -2.61. The fourth-order valence-corrected chi connectivity index (χ4v) is 2.83. The highest BCUT2D eigenvalue weighted by molar-refractivity contribution is 6.00. The van der Waals surface area contributed by atoms with Crippen LogP contribution >= 0.6 is 0 Å². The topological polar surface area (TPSA) is 50.4 Å². The number of anilines is 1. The number of hydrogen-bond acceptors (Lipinski definition) is 3. The van der Waals surface area contributed by atoms with Crippen LogP contribution in [0.15, 0.2) is 18.2 Å². The molecule has 1 fully saturated rings. The standard InChI is InChI=1S/C16H24N2O2/c1-10-6-7-11(12(8-10)17-4)15(19)18-13-9-14(20-5)16(13,2)3/h6-8,13-14,17H,9H2,1-5H3,(H,18,19). The number of nitrogens with one attached hydrogen (secondary N) is 2. The van der Waals surface area contributed by atoms with Crippen molar-refractivity contribution in [3.05, 3.63) is 29.3 Å². The molecule has 1 aromatic carbocycles. The first kappa shape index (κ1) is 14.9. The number of hydrogen-bond donors (Lipinski definition) is 2. The maximum absolute atomic E-state index is 12.4. The van der Waals surface area contributed by atoms with E-state index in [0.29, 0.717) is 5.56 Å². The second-order valence-corrected chi connectivity index (χ2v) is 6.11. The van der Waals surface area contributed by atoms with Gasteiger partial charge in [0, 0.05) is 31.3 Å². The molecule has 2 rings (SSSR count). The van der Waals surface area contributed by atoms with Crippen LogP contribution in [-0.2, 0) is 4.74 Å². The third-order valence-corrected chi connectivity index (χ3v) is 4.46. The number of ether oxygens (including phenoxy) is 1. The van der Waals surface area contributed by atoms with Gasteiger partial charge in [-0.3, -0.25) is 4.79 Å². The Bertz CT molecular complexity index is 511. The monoisotopic (exact) mass is 276 g/mol. The van der Waals surface area contributed by atoms with Crippen molar-refractivity contribution in [2.45, 2.75) is 39.3 Å². The van der Waals surface area contributed by atoms with Crippen LogP contribution in [0.2, 0.25) is 0 Å². The number of amides is 1. The average molecular weight is 276 g/mol. The second kappa shape index (κ2) is 5.44. The fraction of sp³-hybridized carbons (Fsp3) is 0.562. The summed E-state index contributed by atoms with van der Waals surface area (Å²) in [5.74, 6) is -0.0259. The molecule has 2 N–H and O–H groups in total. The third-order valence-electron chi connectivity index (χ3n) is 4.46. The van der Waals surface area contributed by atoms with E-state index in [4.69, 9.17) is 4.74 Å². The van der Waals surface area contributed by atoms with Gasteiger partial charge in [0.15, 0.2) is 0 Å². The van der Waals surface area contributed by atoms with E-state index in [1.807, 2.05) is 32.2 Å². The van der Waals surface area contributed by atoms with Crippen molar-refractivity contribution < 1.29 is 9.53 Å². The summed E-state index contributed by atoms with van der Waals surface area (Å²) in [6.07, 6.45) is 1.09. The fourth-order valence-electron chi connectivity index (χ4n) is 2.83. The SMILES string of the molecule is CNc1cc(C)ccc1C(=O)NC1CC(OC)C1(C)C. The van der Waals surface area contributed by atoms with Crippen LogP contribution in [0.4, 0.5) is 5.69 Å². The lowest BCUT2D eigenvalue weighted by atomic mass is 9.64. The van der Waals surface area contributed by atoms with E-state index in [-0.39, 0.29) is 23.5 Å². The van der Waals surface area contributed by atoms with E-state index in [2.05, 4.69) is 24.5 Å². The zero-order valence-corrected chi connectivity index (χ0v) is 12.9. The summed E-state index contributed by atoms with van der Waals surface area (Å²) in [6, 6.07) is 5.97. The van der Waals surface area contributed by atoms with Crippen molar-refractivity contribution in [3.63, 3.8) is 0 Å². The molecule has 20 heavy (non-hydrogen) atoms. The molecule has 0 aromatic heterocycles. The van der Waals surface area contributed by atoms with Crippen LogP contribution < -0.4 is 10.6 Å². The van der Waals surface area contributed by atoms with Gasteiger partial charge in [0.05, 0.1) is 11.7 Å². The van der Waals surface area contributed by atoms with Gasteiger partial charge in [0.25, 0.3) is 5.91 Å². The predicted octanol–water partition coefficient (Wildman–Crippen LogP) is 2.58. The Morgan fingerprint density at radius 1 is 1.40 bits per heavy atom. The maximum atomic E-state index is 12.4. The molecule has 1 aliphatic carbocycles. The number of methoxy groups -OCH3 is 1. The minimum absolute atomic E-state index is 0.0189. The average Bonchev–Trinajstić information content (AvgIpc) is 2.42. The van der Waals surface area contributed by atoms with Gasteiger partial charge in [-0.1, -0.05) is 19.9 Å². The first-order chi connectivity index (χ1) is 9.40. The molecule has 4 heteroatoms. The number of aryl methyl sites for hydroxylation is 1. The molecule has 1 aromatic rings. The van der Waals surface area contributed by atoms with Crippen molar-refractivity contribution in [1.82, 2.24) is 5.32 Å².